The van der Waals surface area contributed by atoms with Crippen molar-refractivity contribution in [2.75, 3.05) is 11.9 Å². The molecule has 1 aromatic carbocycles. The Labute approximate surface area is 150 Å². The maximum Gasteiger partial charge on any atom is 0.257 e. The first kappa shape index (κ1) is 16.4. The number of aromatic nitrogens is 3. The highest BCUT2D eigenvalue weighted by Crippen LogP contribution is 2.35. The van der Waals surface area contributed by atoms with Gasteiger partial charge in [0.1, 0.15) is 5.82 Å². The molecule has 7 heteroatoms. The normalized spacial score (nSPS) is 15.3. The van der Waals surface area contributed by atoms with Crippen molar-refractivity contribution >= 4 is 11.6 Å². The molecular formula is C19H19FN4O2. The Bertz CT molecular complexity index is 976. The molecule has 1 amide bonds. The fraction of sp³-hybridized carbons (Fsp3) is 0.263. The third-order valence-corrected chi connectivity index (χ3v) is 4.56. The highest BCUT2D eigenvalue weighted by Gasteiger charge is 2.28. The van der Waals surface area contributed by atoms with Crippen molar-refractivity contribution in [3.63, 3.8) is 0 Å². The molecule has 0 fully saturated rings. The van der Waals surface area contributed by atoms with Gasteiger partial charge in [0.25, 0.3) is 5.91 Å². The van der Waals surface area contributed by atoms with Crippen molar-refractivity contribution in [1.82, 2.24) is 14.5 Å². The number of imidazole rings is 1. The van der Waals surface area contributed by atoms with Crippen LogP contribution in [0.4, 0.5) is 10.1 Å². The molecule has 0 radical (unpaired) electrons. The Hall–Kier alpha value is -3.09. The second-order valence-corrected chi connectivity index (χ2v) is 6.30. The number of rotatable bonds is 4. The molecule has 26 heavy (non-hydrogen) atoms. The second kappa shape index (κ2) is 6.33. The number of nitrogens with one attached hydrogen (secondary N) is 2. The molecule has 0 bridgehead atoms. The lowest BCUT2D eigenvalue weighted by molar-refractivity contribution is 0.102. The van der Waals surface area contributed by atoms with E-state index in [0.717, 1.165) is 23.5 Å². The minimum Gasteiger partial charge on any atom is -0.491 e. The SMILES string of the molecule is CCOc1ccc(NC(=O)c2c[nH]c3c2-c2nccn2[C@@H](C)C3)cc1F. The number of halogens is 1. The zero-order valence-corrected chi connectivity index (χ0v) is 14.5. The monoisotopic (exact) mass is 354 g/mol. The Kier molecular flexibility index (Phi) is 3.99. The topological polar surface area (TPSA) is 71.9 Å². The third-order valence-electron chi connectivity index (χ3n) is 4.56. The number of benzene rings is 1. The van der Waals surface area contributed by atoms with Gasteiger partial charge in [-0.1, -0.05) is 0 Å². The van der Waals surface area contributed by atoms with Gasteiger partial charge in [-0.15, -0.1) is 0 Å². The number of carbonyl (C=O) groups excluding carboxylic acids is 1. The number of fused-ring (bicyclic) bond motifs is 3. The molecule has 1 aliphatic rings. The number of anilines is 1. The van der Waals surface area contributed by atoms with Gasteiger partial charge in [-0.05, 0) is 26.0 Å². The van der Waals surface area contributed by atoms with Crippen LogP contribution in [-0.4, -0.2) is 27.0 Å². The first-order valence-corrected chi connectivity index (χ1v) is 8.55. The van der Waals surface area contributed by atoms with E-state index in [1.165, 1.54) is 12.1 Å². The van der Waals surface area contributed by atoms with Gasteiger partial charge >= 0.3 is 0 Å². The van der Waals surface area contributed by atoms with Gasteiger partial charge in [0.05, 0.1) is 17.7 Å². The summed E-state index contributed by atoms with van der Waals surface area (Å²) in [5, 5.41) is 2.75. The van der Waals surface area contributed by atoms with Crippen molar-refractivity contribution < 1.29 is 13.9 Å². The van der Waals surface area contributed by atoms with Crippen LogP contribution in [-0.2, 0) is 6.42 Å². The van der Waals surface area contributed by atoms with E-state index in [1.807, 2.05) is 6.20 Å². The molecule has 134 valence electrons. The number of amides is 1. The van der Waals surface area contributed by atoms with Gasteiger partial charge in [0.2, 0.25) is 0 Å². The predicted octanol–water partition coefficient (Wildman–Crippen LogP) is 3.79. The molecule has 0 saturated carbocycles. The van der Waals surface area contributed by atoms with Crippen LogP contribution in [0.5, 0.6) is 5.75 Å². The number of nitrogens with zero attached hydrogens (tertiary/aromatic N) is 2. The lowest BCUT2D eigenvalue weighted by Crippen LogP contribution is -2.18. The van der Waals surface area contributed by atoms with Gasteiger partial charge in [0, 0.05) is 48.5 Å². The Morgan fingerprint density at radius 3 is 3.12 bits per heavy atom. The Morgan fingerprint density at radius 2 is 2.35 bits per heavy atom. The number of carbonyl (C=O) groups is 1. The molecule has 0 saturated heterocycles. The van der Waals surface area contributed by atoms with Crippen molar-refractivity contribution in [1.29, 1.82) is 0 Å². The van der Waals surface area contributed by atoms with Crippen LogP contribution in [0.2, 0.25) is 0 Å². The lowest BCUT2D eigenvalue weighted by atomic mass is 10.0. The zero-order chi connectivity index (χ0) is 18.3. The molecule has 1 atom stereocenters. The number of aromatic amines is 1. The molecule has 2 aromatic heterocycles. The Morgan fingerprint density at radius 1 is 1.50 bits per heavy atom. The number of hydrogen-bond acceptors (Lipinski definition) is 3. The summed E-state index contributed by atoms with van der Waals surface area (Å²) >= 11 is 0. The Balaban J connectivity index is 1.63. The minimum absolute atomic E-state index is 0.167. The van der Waals surface area contributed by atoms with Gasteiger partial charge in [-0.3, -0.25) is 4.79 Å². The average Bonchev–Trinajstić information content (AvgIpc) is 3.24. The van der Waals surface area contributed by atoms with Gasteiger partial charge in [-0.2, -0.15) is 0 Å². The van der Waals surface area contributed by atoms with Crippen LogP contribution >= 0.6 is 0 Å². The second-order valence-electron chi connectivity index (χ2n) is 6.30. The maximum absolute atomic E-state index is 14.0. The summed E-state index contributed by atoms with van der Waals surface area (Å²) in [5.74, 6) is 0.115. The maximum atomic E-state index is 14.0. The summed E-state index contributed by atoms with van der Waals surface area (Å²) in [4.78, 5) is 20.3. The zero-order valence-electron chi connectivity index (χ0n) is 14.5. The molecule has 0 aliphatic carbocycles. The highest BCUT2D eigenvalue weighted by molar-refractivity contribution is 6.08. The van der Waals surface area contributed by atoms with Crippen LogP contribution in [0.15, 0.2) is 36.8 Å². The van der Waals surface area contributed by atoms with Crippen LogP contribution in [0.25, 0.3) is 11.4 Å². The van der Waals surface area contributed by atoms with Gasteiger partial charge in [0.15, 0.2) is 11.6 Å². The first-order valence-electron chi connectivity index (χ1n) is 8.55. The number of H-pyrrole nitrogens is 1. The molecular weight excluding hydrogens is 335 g/mol. The first-order chi connectivity index (χ1) is 12.6. The van der Waals surface area contributed by atoms with E-state index in [0.29, 0.717) is 17.9 Å². The van der Waals surface area contributed by atoms with E-state index in [1.54, 1.807) is 25.4 Å². The van der Waals surface area contributed by atoms with E-state index < -0.39 is 5.82 Å². The number of ether oxygens (including phenoxy) is 1. The van der Waals surface area contributed by atoms with Crippen molar-refractivity contribution in [2.24, 2.45) is 0 Å². The summed E-state index contributed by atoms with van der Waals surface area (Å²) < 4.78 is 21.2. The third kappa shape index (κ3) is 2.65. The van der Waals surface area contributed by atoms with E-state index in [-0.39, 0.29) is 17.7 Å². The van der Waals surface area contributed by atoms with E-state index in [9.17, 15) is 9.18 Å². The quantitative estimate of drug-likeness (QED) is 0.749. The van der Waals surface area contributed by atoms with E-state index >= 15 is 0 Å². The summed E-state index contributed by atoms with van der Waals surface area (Å²) in [7, 11) is 0. The molecule has 2 N–H and O–H groups in total. The highest BCUT2D eigenvalue weighted by atomic mass is 19.1. The summed E-state index contributed by atoms with van der Waals surface area (Å²) in [6, 6.07) is 4.66. The van der Waals surface area contributed by atoms with Crippen LogP contribution in [0, 0.1) is 5.82 Å². The van der Waals surface area contributed by atoms with E-state index in [4.69, 9.17) is 4.74 Å². The van der Waals surface area contributed by atoms with E-state index in [2.05, 4.69) is 26.8 Å². The average molecular weight is 354 g/mol. The fourth-order valence-corrected chi connectivity index (χ4v) is 3.37. The summed E-state index contributed by atoms with van der Waals surface area (Å²) in [6.45, 7) is 4.27. The fourth-order valence-electron chi connectivity index (χ4n) is 3.37. The molecule has 3 heterocycles. The lowest BCUT2D eigenvalue weighted by Gasteiger charge is -2.22. The molecule has 3 aromatic rings. The van der Waals surface area contributed by atoms with Crippen molar-refractivity contribution in [2.45, 2.75) is 26.3 Å². The van der Waals surface area contributed by atoms with Gasteiger partial charge < -0.3 is 19.6 Å². The largest absolute Gasteiger partial charge is 0.491 e. The predicted molar refractivity (Wildman–Crippen MR) is 96.0 cm³/mol. The van der Waals surface area contributed by atoms with Crippen molar-refractivity contribution in [3.8, 4) is 17.1 Å². The molecule has 4 rings (SSSR count). The molecule has 0 unspecified atom stereocenters. The standard InChI is InChI=1S/C19H19FN4O2/c1-3-26-16-5-4-12(9-14(16)20)23-19(25)13-10-22-15-8-11(2)24-7-6-21-18(24)17(13)15/h4-7,9-11,22H,3,8H2,1-2H3,(H,23,25)/t11-/m0/s1. The molecule has 6 nitrogen and oxygen atoms in total. The minimum atomic E-state index is -0.509. The summed E-state index contributed by atoms with van der Waals surface area (Å²) in [5.41, 5.74) is 2.66. The van der Waals surface area contributed by atoms with Crippen molar-refractivity contribution in [3.05, 3.63) is 53.9 Å². The number of hydrogen-bond donors (Lipinski definition) is 2. The summed E-state index contributed by atoms with van der Waals surface area (Å²) in [6.07, 6.45) is 6.13. The smallest absolute Gasteiger partial charge is 0.257 e. The molecule has 1 aliphatic heterocycles. The molecule has 0 spiro atoms. The van der Waals surface area contributed by atoms with Crippen LogP contribution < -0.4 is 10.1 Å². The van der Waals surface area contributed by atoms with Crippen LogP contribution in [0.1, 0.15) is 35.9 Å². The van der Waals surface area contributed by atoms with Gasteiger partial charge in [-0.25, -0.2) is 9.37 Å². The van der Waals surface area contributed by atoms with Crippen LogP contribution in [0.3, 0.4) is 0 Å².